The highest BCUT2D eigenvalue weighted by molar-refractivity contribution is 5.73. The lowest BCUT2D eigenvalue weighted by molar-refractivity contribution is -0.137. The van der Waals surface area contributed by atoms with Crippen LogP contribution in [-0.2, 0) is 18.3 Å². The molecule has 0 fully saturated rings. The van der Waals surface area contributed by atoms with Gasteiger partial charge in [-0.15, -0.1) is 10.2 Å². The first-order chi connectivity index (χ1) is 9.59. The van der Waals surface area contributed by atoms with Gasteiger partial charge in [0.25, 0.3) is 0 Å². The third kappa shape index (κ3) is 6.72. The number of urea groups is 1. The summed E-state index contributed by atoms with van der Waals surface area (Å²) in [4.78, 5) is 21.7. The Labute approximate surface area is 117 Å². The normalized spacial score (nSPS) is 10.2. The fourth-order valence-electron chi connectivity index (χ4n) is 1.66. The molecule has 1 heterocycles. The molecule has 0 bridgehead atoms. The van der Waals surface area contributed by atoms with Gasteiger partial charge in [-0.3, -0.25) is 4.79 Å². The number of aromatic nitrogens is 3. The van der Waals surface area contributed by atoms with E-state index < -0.39 is 5.97 Å². The minimum Gasteiger partial charge on any atom is -0.481 e. The summed E-state index contributed by atoms with van der Waals surface area (Å²) in [5, 5.41) is 21.6. The van der Waals surface area contributed by atoms with E-state index in [2.05, 4.69) is 20.8 Å². The average molecular weight is 283 g/mol. The summed E-state index contributed by atoms with van der Waals surface area (Å²) >= 11 is 0. The molecule has 3 N–H and O–H groups in total. The van der Waals surface area contributed by atoms with Crippen LogP contribution >= 0.6 is 0 Å². The third-order valence-electron chi connectivity index (χ3n) is 2.79. The third-order valence-corrected chi connectivity index (χ3v) is 2.79. The van der Waals surface area contributed by atoms with Crippen LogP contribution in [0.3, 0.4) is 0 Å². The van der Waals surface area contributed by atoms with Gasteiger partial charge in [0.05, 0.1) is 0 Å². The van der Waals surface area contributed by atoms with Crippen LogP contribution < -0.4 is 10.6 Å². The van der Waals surface area contributed by atoms with Crippen molar-refractivity contribution in [3.63, 3.8) is 0 Å². The molecule has 0 unspecified atom stereocenters. The van der Waals surface area contributed by atoms with Crippen LogP contribution in [0.15, 0.2) is 6.33 Å². The lowest BCUT2D eigenvalue weighted by atomic mass is 10.2. The van der Waals surface area contributed by atoms with Gasteiger partial charge in [-0.25, -0.2) is 4.79 Å². The summed E-state index contributed by atoms with van der Waals surface area (Å²) in [5.41, 5.74) is 0. The first kappa shape index (κ1) is 15.9. The van der Waals surface area contributed by atoms with Crippen molar-refractivity contribution in [1.82, 2.24) is 25.4 Å². The molecule has 0 aliphatic carbocycles. The Bertz CT molecular complexity index is 432. The van der Waals surface area contributed by atoms with Crippen molar-refractivity contribution in [2.75, 3.05) is 13.1 Å². The molecular weight excluding hydrogens is 262 g/mol. The molecule has 8 heteroatoms. The van der Waals surface area contributed by atoms with Gasteiger partial charge in [-0.05, 0) is 12.8 Å². The number of nitrogens with zero attached hydrogens (tertiary/aromatic N) is 3. The molecule has 1 aromatic rings. The molecule has 0 spiro atoms. The van der Waals surface area contributed by atoms with Crippen LogP contribution in [-0.4, -0.2) is 45.0 Å². The van der Waals surface area contributed by atoms with Crippen LogP contribution in [0.4, 0.5) is 4.79 Å². The molecule has 0 aliphatic rings. The zero-order valence-corrected chi connectivity index (χ0v) is 11.6. The van der Waals surface area contributed by atoms with E-state index in [9.17, 15) is 9.59 Å². The summed E-state index contributed by atoms with van der Waals surface area (Å²) in [6, 6.07) is -0.217. The molecule has 8 nitrogen and oxygen atoms in total. The zero-order chi connectivity index (χ0) is 14.8. The first-order valence-corrected chi connectivity index (χ1v) is 6.66. The number of hydrogen-bond donors (Lipinski definition) is 3. The minimum absolute atomic E-state index is 0.184. The number of nitrogens with one attached hydrogen (secondary N) is 2. The largest absolute Gasteiger partial charge is 0.481 e. The topological polar surface area (TPSA) is 109 Å². The molecule has 0 atom stereocenters. The van der Waals surface area contributed by atoms with Crippen molar-refractivity contribution in [3.05, 3.63) is 12.2 Å². The van der Waals surface area contributed by atoms with Crippen LogP contribution in [0, 0.1) is 0 Å². The second kappa shape index (κ2) is 8.89. The van der Waals surface area contributed by atoms with Crippen LogP contribution in [0.2, 0.25) is 0 Å². The number of rotatable bonds is 9. The van der Waals surface area contributed by atoms with Crippen molar-refractivity contribution in [3.8, 4) is 0 Å². The lowest BCUT2D eigenvalue weighted by Crippen LogP contribution is -2.37. The number of carbonyl (C=O) groups is 2. The van der Waals surface area contributed by atoms with E-state index in [-0.39, 0.29) is 12.5 Å². The molecular formula is C12H21N5O3. The Morgan fingerprint density at radius 1 is 1.25 bits per heavy atom. The molecule has 2 amide bonds. The van der Waals surface area contributed by atoms with E-state index >= 15 is 0 Å². The molecule has 112 valence electrons. The summed E-state index contributed by atoms with van der Waals surface area (Å²) in [6.45, 7) is 1.05. The molecule has 1 aromatic heterocycles. The highest BCUT2D eigenvalue weighted by Crippen LogP contribution is 1.98. The molecule has 0 aromatic carbocycles. The minimum atomic E-state index is -0.778. The number of unbranched alkanes of at least 4 members (excludes halogenated alkanes) is 2. The van der Waals surface area contributed by atoms with Crippen molar-refractivity contribution in [2.45, 2.75) is 32.1 Å². The fraction of sp³-hybridized carbons (Fsp3) is 0.667. The highest BCUT2D eigenvalue weighted by atomic mass is 16.4. The van der Waals surface area contributed by atoms with Crippen molar-refractivity contribution >= 4 is 12.0 Å². The smallest absolute Gasteiger partial charge is 0.314 e. The Kier molecular flexibility index (Phi) is 7.08. The second-order valence-corrected chi connectivity index (χ2v) is 4.50. The van der Waals surface area contributed by atoms with Gasteiger partial charge in [0.15, 0.2) is 0 Å². The van der Waals surface area contributed by atoms with E-state index in [4.69, 9.17) is 5.11 Å². The second-order valence-electron chi connectivity index (χ2n) is 4.50. The fourth-order valence-corrected chi connectivity index (χ4v) is 1.66. The Balaban J connectivity index is 1.98. The average Bonchev–Trinajstić information content (AvgIpc) is 2.79. The van der Waals surface area contributed by atoms with Gasteiger partial charge in [0.1, 0.15) is 12.2 Å². The van der Waals surface area contributed by atoms with E-state index in [0.717, 1.165) is 18.7 Å². The monoisotopic (exact) mass is 283 g/mol. The van der Waals surface area contributed by atoms with Gasteiger partial charge in [-0.1, -0.05) is 6.42 Å². The van der Waals surface area contributed by atoms with Gasteiger partial charge < -0.3 is 20.3 Å². The van der Waals surface area contributed by atoms with Crippen molar-refractivity contribution in [1.29, 1.82) is 0 Å². The quantitative estimate of drug-likeness (QED) is 0.565. The number of hydrogen-bond acceptors (Lipinski definition) is 4. The number of aryl methyl sites for hydroxylation is 1. The van der Waals surface area contributed by atoms with E-state index in [1.807, 2.05) is 11.6 Å². The maximum atomic E-state index is 11.4. The Morgan fingerprint density at radius 3 is 2.65 bits per heavy atom. The number of carboxylic acid groups (broad SMARTS) is 1. The zero-order valence-electron chi connectivity index (χ0n) is 11.6. The Hall–Kier alpha value is -2.12. The molecule has 0 aliphatic heterocycles. The standard InChI is InChI=1S/C12H21N5O3/c1-17-9-15-16-10(17)6-8-14-12(20)13-7-4-2-3-5-11(18)19/h9H,2-8H2,1H3,(H,18,19)(H2,13,14,20). The highest BCUT2D eigenvalue weighted by Gasteiger charge is 2.03. The molecule has 20 heavy (non-hydrogen) atoms. The SMILES string of the molecule is Cn1cnnc1CCNC(=O)NCCCCCC(=O)O. The van der Waals surface area contributed by atoms with Crippen LogP contribution in [0.5, 0.6) is 0 Å². The van der Waals surface area contributed by atoms with Gasteiger partial charge in [0, 0.05) is 33.0 Å². The summed E-state index contributed by atoms with van der Waals surface area (Å²) in [5.74, 6) is 0.0402. The van der Waals surface area contributed by atoms with Gasteiger partial charge >= 0.3 is 12.0 Å². The van der Waals surface area contributed by atoms with Gasteiger partial charge in [-0.2, -0.15) is 0 Å². The molecule has 1 rings (SSSR count). The van der Waals surface area contributed by atoms with E-state index in [1.54, 1.807) is 6.33 Å². The predicted octanol–water partition coefficient (Wildman–Crippen LogP) is 0.302. The van der Waals surface area contributed by atoms with Crippen molar-refractivity contribution in [2.24, 2.45) is 7.05 Å². The molecule has 0 saturated carbocycles. The predicted molar refractivity (Wildman–Crippen MR) is 72.2 cm³/mol. The van der Waals surface area contributed by atoms with E-state index in [1.165, 1.54) is 0 Å². The first-order valence-electron chi connectivity index (χ1n) is 6.66. The Morgan fingerprint density at radius 2 is 2.00 bits per heavy atom. The number of amides is 2. The molecule has 0 saturated heterocycles. The summed E-state index contributed by atoms with van der Waals surface area (Å²) in [6.07, 6.45) is 4.65. The molecule has 0 radical (unpaired) electrons. The maximum Gasteiger partial charge on any atom is 0.314 e. The summed E-state index contributed by atoms with van der Waals surface area (Å²) in [7, 11) is 1.85. The van der Waals surface area contributed by atoms with Crippen LogP contribution in [0.1, 0.15) is 31.5 Å². The van der Waals surface area contributed by atoms with Gasteiger partial charge in [0.2, 0.25) is 0 Å². The van der Waals surface area contributed by atoms with E-state index in [0.29, 0.717) is 25.9 Å². The van der Waals surface area contributed by atoms with Crippen LogP contribution in [0.25, 0.3) is 0 Å². The van der Waals surface area contributed by atoms with Crippen molar-refractivity contribution < 1.29 is 14.7 Å². The lowest BCUT2D eigenvalue weighted by Gasteiger charge is -2.07. The number of aliphatic carboxylic acids is 1. The summed E-state index contributed by atoms with van der Waals surface area (Å²) < 4.78 is 1.81. The maximum absolute atomic E-state index is 11.4. The number of carbonyl (C=O) groups excluding carboxylic acids is 1. The number of carboxylic acids is 1.